The van der Waals surface area contributed by atoms with Crippen LogP contribution in [0.15, 0.2) is 36.4 Å². The topological polar surface area (TPSA) is 36.4 Å². The fraction of sp³-hybridized carbons (Fsp3) is 0.300. The molecule has 0 aliphatic carbocycles. The molecule has 136 valence electrons. The zero-order valence-electron chi connectivity index (χ0n) is 15.4. The number of quaternary nitrogens is 1. The van der Waals surface area contributed by atoms with Gasteiger partial charge in [0.15, 0.2) is 11.4 Å². The second kappa shape index (κ2) is 6.40. The normalized spacial score (nSPS) is 22.7. The highest BCUT2D eigenvalue weighted by Gasteiger charge is 2.53. The van der Waals surface area contributed by atoms with E-state index in [4.69, 9.17) is 27.2 Å². The zero-order valence-corrected chi connectivity index (χ0v) is 15.4. The minimum absolute atomic E-state index is 0.295. The van der Waals surface area contributed by atoms with Crippen molar-refractivity contribution in [2.45, 2.75) is 13.0 Å². The van der Waals surface area contributed by atoms with E-state index in [1.807, 2.05) is 18.2 Å². The van der Waals surface area contributed by atoms with Crippen molar-refractivity contribution in [3.63, 3.8) is 0 Å². The fourth-order valence-electron chi connectivity index (χ4n) is 4.11. The molecule has 0 bridgehead atoms. The molecule has 2 aliphatic heterocycles. The maximum atomic E-state index is 7.21. The molecule has 7 heteroatoms. The zero-order chi connectivity index (χ0) is 19.1. The van der Waals surface area contributed by atoms with Gasteiger partial charge in [0, 0.05) is 40.3 Å². The van der Waals surface area contributed by atoms with Crippen LogP contribution < -0.4 is 10.2 Å². The number of benzene rings is 2. The Morgan fingerprint density at radius 3 is 2.48 bits per heavy atom. The summed E-state index contributed by atoms with van der Waals surface area (Å²) >= 11 is 0. The van der Waals surface area contributed by atoms with Crippen LogP contribution in [0.2, 0.25) is 0 Å². The summed E-state index contributed by atoms with van der Waals surface area (Å²) in [6, 6.07) is 10.8. The van der Waals surface area contributed by atoms with Crippen molar-refractivity contribution in [3.05, 3.63) is 64.8 Å². The minimum atomic E-state index is -1.54. The Balaban J connectivity index is 1.64. The monoisotopic (exact) mass is 361 g/mol. The molecule has 1 fully saturated rings. The highest BCUT2D eigenvalue weighted by molar-refractivity contribution is 6.76. The first-order valence-electron chi connectivity index (χ1n) is 8.94. The van der Waals surface area contributed by atoms with Crippen molar-refractivity contribution in [2.24, 2.45) is 0 Å². The molecule has 0 saturated carbocycles. The molecule has 2 heterocycles. The van der Waals surface area contributed by atoms with Crippen LogP contribution in [0.1, 0.15) is 12.0 Å². The van der Waals surface area contributed by atoms with Gasteiger partial charge < -0.3 is 18.4 Å². The van der Waals surface area contributed by atoms with E-state index >= 15 is 0 Å². The summed E-state index contributed by atoms with van der Waals surface area (Å²) in [6.07, 6.45) is 1.03. The largest absolute Gasteiger partial charge is 0.509 e. The highest BCUT2D eigenvalue weighted by Crippen LogP contribution is 2.36. The van der Waals surface area contributed by atoms with Gasteiger partial charge >= 0.3 is 6.69 Å². The van der Waals surface area contributed by atoms with Gasteiger partial charge in [-0.15, -0.1) is 0 Å². The van der Waals surface area contributed by atoms with Crippen LogP contribution in [0, 0.1) is 13.1 Å². The van der Waals surface area contributed by atoms with Gasteiger partial charge in [0.05, 0.1) is 13.1 Å². The van der Waals surface area contributed by atoms with Crippen LogP contribution in [0.3, 0.4) is 0 Å². The standard InChI is InChI=1S/C20H20BN3O3/c1-22-19-9-7-17(13-20(19)23-2)27-16-6-8-18-15(12-16)14-26-21(18)24(3,4)10-5-11-25-21/h6-9,12-13H,5,10-11,14H2,3-4H3. The summed E-state index contributed by atoms with van der Waals surface area (Å²) in [6.45, 7) is 15.0. The van der Waals surface area contributed by atoms with Crippen LogP contribution in [0.4, 0.5) is 11.4 Å². The van der Waals surface area contributed by atoms with Gasteiger partial charge in [-0.25, -0.2) is 4.85 Å². The van der Waals surface area contributed by atoms with Crippen LogP contribution in [0.5, 0.6) is 11.5 Å². The van der Waals surface area contributed by atoms with Gasteiger partial charge in [-0.05, 0) is 29.8 Å². The van der Waals surface area contributed by atoms with Crippen molar-refractivity contribution in [2.75, 3.05) is 27.2 Å². The molecule has 0 aromatic heterocycles. The Morgan fingerprint density at radius 1 is 1.00 bits per heavy atom. The molecule has 6 nitrogen and oxygen atoms in total. The predicted octanol–water partition coefficient (Wildman–Crippen LogP) is 3.75. The lowest BCUT2D eigenvalue weighted by atomic mass is 9.59. The molecule has 27 heavy (non-hydrogen) atoms. The molecule has 0 N–H and O–H groups in total. The van der Waals surface area contributed by atoms with Crippen molar-refractivity contribution < 1.29 is 18.4 Å². The van der Waals surface area contributed by atoms with E-state index in [1.54, 1.807) is 18.2 Å². The second-order valence-electron chi connectivity index (χ2n) is 7.55. The maximum Gasteiger partial charge on any atom is 0.502 e. The molecular weight excluding hydrogens is 341 g/mol. The fourth-order valence-corrected chi connectivity index (χ4v) is 4.11. The van der Waals surface area contributed by atoms with Gasteiger partial charge in [0.1, 0.15) is 11.5 Å². The van der Waals surface area contributed by atoms with Gasteiger partial charge in [0.25, 0.3) is 0 Å². The third kappa shape index (κ3) is 2.77. The van der Waals surface area contributed by atoms with Crippen molar-refractivity contribution in [3.8, 4) is 11.5 Å². The van der Waals surface area contributed by atoms with E-state index in [9.17, 15) is 0 Å². The first kappa shape index (κ1) is 17.6. The molecule has 4 rings (SSSR count). The summed E-state index contributed by atoms with van der Waals surface area (Å²) in [7, 11) is 4.31. The van der Waals surface area contributed by atoms with Crippen molar-refractivity contribution >= 4 is 23.5 Å². The van der Waals surface area contributed by atoms with E-state index in [0.717, 1.165) is 24.0 Å². The van der Waals surface area contributed by atoms with Crippen LogP contribution in [-0.2, 0) is 15.9 Å². The highest BCUT2D eigenvalue weighted by atomic mass is 16.6. The Labute approximate surface area is 159 Å². The van der Waals surface area contributed by atoms with Gasteiger partial charge in [0.2, 0.25) is 0 Å². The average molecular weight is 361 g/mol. The number of ether oxygens (including phenoxy) is 1. The van der Waals surface area contributed by atoms with E-state index in [1.165, 1.54) is 0 Å². The van der Waals surface area contributed by atoms with E-state index in [0.29, 0.717) is 40.5 Å². The molecule has 1 spiro atoms. The Hall–Kier alpha value is -2.84. The van der Waals surface area contributed by atoms with E-state index in [-0.39, 0.29) is 0 Å². The first-order valence-corrected chi connectivity index (χ1v) is 8.94. The summed E-state index contributed by atoms with van der Waals surface area (Å²) in [4.78, 5) is 6.74. The Morgan fingerprint density at radius 2 is 1.74 bits per heavy atom. The third-order valence-corrected chi connectivity index (χ3v) is 5.54. The second-order valence-corrected chi connectivity index (χ2v) is 7.55. The maximum absolute atomic E-state index is 7.21. The predicted molar refractivity (Wildman–Crippen MR) is 103 cm³/mol. The molecule has 1 atom stereocenters. The number of hydrogen-bond acceptors (Lipinski definition) is 3. The van der Waals surface area contributed by atoms with Gasteiger partial charge in [-0.3, -0.25) is 4.85 Å². The summed E-state index contributed by atoms with van der Waals surface area (Å²) in [5.41, 5.74) is 2.81. The first-order chi connectivity index (χ1) is 13.0. The molecule has 1 unspecified atom stereocenters. The number of rotatable bonds is 2. The molecule has 1 saturated heterocycles. The summed E-state index contributed by atoms with van der Waals surface area (Å²) in [5.74, 6) is 1.22. The lowest BCUT2D eigenvalue weighted by Gasteiger charge is -2.55. The van der Waals surface area contributed by atoms with Crippen LogP contribution >= 0.6 is 0 Å². The number of nitrogens with zero attached hydrogens (tertiary/aromatic N) is 3. The summed E-state index contributed by atoms with van der Waals surface area (Å²) < 4.78 is 19.0. The molecular formula is C20H20BN3O3. The van der Waals surface area contributed by atoms with Crippen molar-refractivity contribution in [1.29, 1.82) is 0 Å². The Kier molecular flexibility index (Phi) is 4.17. The molecule has 2 aromatic rings. The van der Waals surface area contributed by atoms with Gasteiger partial charge in [-0.2, -0.15) is 0 Å². The van der Waals surface area contributed by atoms with Crippen LogP contribution in [-0.4, -0.2) is 38.3 Å². The number of fused-ring (bicyclic) bond motifs is 2. The third-order valence-electron chi connectivity index (χ3n) is 5.54. The smallest absolute Gasteiger partial charge is 0.502 e. The summed E-state index contributed by atoms with van der Waals surface area (Å²) in [5, 5.41) is 0. The van der Waals surface area contributed by atoms with E-state index < -0.39 is 6.69 Å². The molecule has 0 amide bonds. The quantitative estimate of drug-likeness (QED) is 0.604. The Bertz CT molecular complexity index is 993. The molecule has 2 aliphatic rings. The van der Waals surface area contributed by atoms with Gasteiger partial charge in [-0.1, -0.05) is 17.6 Å². The lowest BCUT2D eigenvalue weighted by molar-refractivity contribution is -0.812. The van der Waals surface area contributed by atoms with Crippen LogP contribution in [0.25, 0.3) is 9.69 Å². The van der Waals surface area contributed by atoms with E-state index in [2.05, 4.69) is 23.8 Å². The molecule has 0 radical (unpaired) electrons. The molecule has 2 aromatic carbocycles. The lowest BCUT2D eigenvalue weighted by Crippen LogP contribution is -2.74. The number of hydrogen-bond donors (Lipinski definition) is 0. The minimum Gasteiger partial charge on any atom is -0.509 e. The van der Waals surface area contributed by atoms with Crippen molar-refractivity contribution in [1.82, 2.24) is 0 Å². The SMILES string of the molecule is [C-]#[N+]c1ccc(Oc2ccc3c(c2)CO[B-]32OCCC[N+]2(C)C)cc1[N+]#[C-]. The average Bonchev–Trinajstić information content (AvgIpc) is 3.03.